The second-order valence-corrected chi connectivity index (χ2v) is 9.44. The maximum Gasteiger partial charge on any atom is 0.129 e. The summed E-state index contributed by atoms with van der Waals surface area (Å²) in [5, 5.41) is 22.9. The average Bonchev–Trinajstić information content (AvgIpc) is 3.09. The molecule has 1 aromatic heterocycles. The van der Waals surface area contributed by atoms with Crippen LogP contribution in [0.2, 0.25) is 0 Å². The molecule has 2 atom stereocenters. The van der Waals surface area contributed by atoms with Crippen LogP contribution in [0.25, 0.3) is 10.9 Å². The third-order valence-electron chi connectivity index (χ3n) is 7.19. The molecule has 1 saturated heterocycles. The van der Waals surface area contributed by atoms with Gasteiger partial charge in [-0.25, -0.2) is 0 Å². The number of methoxy groups -OCH3 is 1. The molecule has 3 aromatic rings. The van der Waals surface area contributed by atoms with Crippen LogP contribution in [-0.4, -0.2) is 52.4 Å². The first-order valence-corrected chi connectivity index (χ1v) is 11.4. The van der Waals surface area contributed by atoms with Crippen molar-refractivity contribution in [3.8, 4) is 11.5 Å². The fourth-order valence-electron chi connectivity index (χ4n) is 5.42. The van der Waals surface area contributed by atoms with Gasteiger partial charge in [0.05, 0.1) is 19.3 Å². The number of nitrogens with one attached hydrogen (secondary N) is 1. The molecule has 1 fully saturated rings. The summed E-state index contributed by atoms with van der Waals surface area (Å²) in [7, 11) is 1.64. The topological polar surface area (TPSA) is 78.0 Å². The number of hydrogen-bond donors (Lipinski definition) is 3. The van der Waals surface area contributed by atoms with Crippen LogP contribution in [0, 0.1) is 13.8 Å². The van der Waals surface area contributed by atoms with Crippen LogP contribution in [0.15, 0.2) is 36.4 Å². The summed E-state index contributed by atoms with van der Waals surface area (Å²) in [4.78, 5) is 5.72. The minimum absolute atomic E-state index is 0.367. The van der Waals surface area contributed by atoms with Gasteiger partial charge in [-0.3, -0.25) is 0 Å². The van der Waals surface area contributed by atoms with Crippen molar-refractivity contribution in [2.45, 2.75) is 50.9 Å². The number of ether oxygens (including phenoxy) is 2. The van der Waals surface area contributed by atoms with Gasteiger partial charge in [0.25, 0.3) is 0 Å². The average molecular weight is 437 g/mol. The Morgan fingerprint density at radius 1 is 1.19 bits per heavy atom. The second kappa shape index (κ2) is 8.10. The molecule has 0 bridgehead atoms. The number of nitrogens with zero attached hydrogens (tertiary/aromatic N) is 1. The summed E-state index contributed by atoms with van der Waals surface area (Å²) >= 11 is 0. The van der Waals surface area contributed by atoms with E-state index in [4.69, 9.17) is 9.47 Å². The Morgan fingerprint density at radius 3 is 2.72 bits per heavy atom. The van der Waals surface area contributed by atoms with Gasteiger partial charge in [0.15, 0.2) is 0 Å². The van der Waals surface area contributed by atoms with Gasteiger partial charge in [0.1, 0.15) is 17.1 Å². The lowest BCUT2D eigenvalue weighted by atomic mass is 9.81. The normalized spacial score (nSPS) is 21.3. The Hall–Kier alpha value is -2.54. The number of H-pyrrole nitrogens is 1. The number of aromatic amines is 1. The lowest BCUT2D eigenvalue weighted by Crippen LogP contribution is -2.51. The van der Waals surface area contributed by atoms with Crippen LogP contribution in [0.4, 0.5) is 0 Å². The molecule has 2 aromatic carbocycles. The van der Waals surface area contributed by atoms with Gasteiger partial charge in [-0.15, -0.1) is 0 Å². The zero-order chi connectivity index (χ0) is 22.5. The summed E-state index contributed by atoms with van der Waals surface area (Å²) in [5.74, 6) is 1.46. The van der Waals surface area contributed by atoms with Crippen molar-refractivity contribution >= 4 is 10.9 Å². The zero-order valence-corrected chi connectivity index (χ0v) is 19.0. The smallest absolute Gasteiger partial charge is 0.129 e. The number of aryl methyl sites for hydroxylation is 2. The van der Waals surface area contributed by atoms with E-state index in [0.717, 1.165) is 65.2 Å². The molecular formula is C26H32N2O4. The van der Waals surface area contributed by atoms with E-state index in [9.17, 15) is 10.2 Å². The van der Waals surface area contributed by atoms with Crippen LogP contribution in [0.1, 0.15) is 53.9 Å². The Balaban J connectivity index is 1.28. The highest BCUT2D eigenvalue weighted by Crippen LogP contribution is 2.45. The lowest BCUT2D eigenvalue weighted by Gasteiger charge is -2.46. The molecule has 6 heteroatoms. The van der Waals surface area contributed by atoms with E-state index in [1.165, 1.54) is 5.56 Å². The van der Waals surface area contributed by atoms with Gasteiger partial charge in [-0.05, 0) is 50.5 Å². The summed E-state index contributed by atoms with van der Waals surface area (Å²) in [6.45, 7) is 6.34. The number of aliphatic hydroxyl groups excluding tert-OH is 2. The molecule has 0 amide bonds. The number of piperidine rings is 1. The number of β-amino-alcohol motifs (C(OH)–C–C–N with tert-alkyl or cyclic N) is 1. The van der Waals surface area contributed by atoms with Crippen LogP contribution < -0.4 is 9.47 Å². The first kappa shape index (κ1) is 21.3. The van der Waals surface area contributed by atoms with E-state index in [2.05, 4.69) is 35.0 Å². The van der Waals surface area contributed by atoms with Crippen molar-refractivity contribution in [2.24, 2.45) is 0 Å². The predicted octanol–water partition coefficient (Wildman–Crippen LogP) is 4.18. The number of hydrogen-bond acceptors (Lipinski definition) is 5. The van der Waals surface area contributed by atoms with Crippen molar-refractivity contribution < 1.29 is 19.7 Å². The second-order valence-electron chi connectivity index (χ2n) is 9.44. The molecule has 32 heavy (non-hydrogen) atoms. The Labute approximate surface area is 188 Å². The van der Waals surface area contributed by atoms with E-state index < -0.39 is 12.2 Å². The first-order valence-electron chi connectivity index (χ1n) is 11.4. The molecule has 0 unspecified atom stereocenters. The molecule has 2 aliphatic heterocycles. The Morgan fingerprint density at radius 2 is 1.97 bits per heavy atom. The number of aromatic nitrogens is 1. The minimum Gasteiger partial charge on any atom is -0.497 e. The van der Waals surface area contributed by atoms with E-state index in [0.29, 0.717) is 13.0 Å². The Kier molecular flexibility index (Phi) is 5.40. The van der Waals surface area contributed by atoms with E-state index >= 15 is 0 Å². The standard InChI is InChI=1S/C26H32N2O4/c1-16-4-6-19-21(12-16)27-17(2)25(19)23(30)15-28-10-8-26(9-11-28)14-22(29)20-7-5-18(31-3)13-24(20)32-26/h4-7,12-13,22-23,27,29-30H,8-11,14-15H2,1-3H3/t22-,23-/m1/s1. The number of fused-ring (bicyclic) bond motifs is 2. The maximum atomic E-state index is 11.1. The van der Waals surface area contributed by atoms with Crippen molar-refractivity contribution in [3.63, 3.8) is 0 Å². The van der Waals surface area contributed by atoms with Crippen LogP contribution in [0.5, 0.6) is 11.5 Å². The van der Waals surface area contributed by atoms with Gasteiger partial charge in [-0.1, -0.05) is 12.1 Å². The fraction of sp³-hybridized carbons (Fsp3) is 0.462. The van der Waals surface area contributed by atoms with Gasteiger partial charge in [0.2, 0.25) is 0 Å². The summed E-state index contributed by atoms with van der Waals surface area (Å²) in [5.41, 5.74) is 4.76. The molecule has 0 saturated carbocycles. The quantitative estimate of drug-likeness (QED) is 0.572. The van der Waals surface area contributed by atoms with Gasteiger partial charge in [-0.2, -0.15) is 0 Å². The van der Waals surface area contributed by atoms with Gasteiger partial charge >= 0.3 is 0 Å². The molecular weight excluding hydrogens is 404 g/mol. The molecule has 0 radical (unpaired) electrons. The van der Waals surface area contributed by atoms with Crippen molar-refractivity contribution in [2.75, 3.05) is 26.7 Å². The fourth-order valence-corrected chi connectivity index (χ4v) is 5.42. The first-order chi connectivity index (χ1) is 15.4. The summed E-state index contributed by atoms with van der Waals surface area (Å²) in [6.07, 6.45) is 1.16. The van der Waals surface area contributed by atoms with Crippen molar-refractivity contribution in [3.05, 3.63) is 58.8 Å². The predicted molar refractivity (Wildman–Crippen MR) is 124 cm³/mol. The molecule has 3 N–H and O–H groups in total. The molecule has 0 aliphatic carbocycles. The third-order valence-corrected chi connectivity index (χ3v) is 7.19. The molecule has 170 valence electrons. The van der Waals surface area contributed by atoms with Crippen LogP contribution in [-0.2, 0) is 0 Å². The molecule has 3 heterocycles. The number of likely N-dealkylation sites (tertiary alicyclic amines) is 1. The van der Waals surface area contributed by atoms with E-state index in [1.54, 1.807) is 7.11 Å². The van der Waals surface area contributed by atoms with Crippen LogP contribution >= 0.6 is 0 Å². The molecule has 2 aliphatic rings. The SMILES string of the molecule is COc1ccc2c(c1)OC1(CCN(C[C@@H](O)c3c(C)[nH]c4cc(C)ccc34)CC1)C[C@H]2O. The number of aliphatic hydroxyl groups is 2. The van der Waals surface area contributed by atoms with Gasteiger partial charge < -0.3 is 29.6 Å². The highest BCUT2D eigenvalue weighted by atomic mass is 16.5. The minimum atomic E-state index is -0.552. The monoisotopic (exact) mass is 436 g/mol. The van der Waals surface area contributed by atoms with E-state index in [1.807, 2.05) is 25.1 Å². The third kappa shape index (κ3) is 3.76. The lowest BCUT2D eigenvalue weighted by molar-refractivity contribution is -0.0588. The van der Waals surface area contributed by atoms with Crippen molar-refractivity contribution in [1.82, 2.24) is 9.88 Å². The number of benzene rings is 2. The highest BCUT2D eigenvalue weighted by Gasteiger charge is 2.43. The molecule has 1 spiro atoms. The summed E-state index contributed by atoms with van der Waals surface area (Å²) in [6, 6.07) is 11.9. The summed E-state index contributed by atoms with van der Waals surface area (Å²) < 4.78 is 11.8. The van der Waals surface area contributed by atoms with Crippen molar-refractivity contribution in [1.29, 1.82) is 0 Å². The van der Waals surface area contributed by atoms with E-state index in [-0.39, 0.29) is 5.60 Å². The van der Waals surface area contributed by atoms with Crippen LogP contribution in [0.3, 0.4) is 0 Å². The Bertz CT molecular complexity index is 1130. The van der Waals surface area contributed by atoms with Gasteiger partial charge in [0, 0.05) is 59.8 Å². The highest BCUT2D eigenvalue weighted by molar-refractivity contribution is 5.85. The maximum absolute atomic E-state index is 11.1. The zero-order valence-electron chi connectivity index (χ0n) is 19.0. The molecule has 5 rings (SSSR count). The molecule has 6 nitrogen and oxygen atoms in total. The number of rotatable bonds is 4. The largest absolute Gasteiger partial charge is 0.497 e.